The number of carbonyl (C=O) groups is 1. The highest BCUT2D eigenvalue weighted by Gasteiger charge is 2.29. The van der Waals surface area contributed by atoms with Crippen molar-refractivity contribution in [2.75, 3.05) is 51.8 Å². The van der Waals surface area contributed by atoms with Crippen LogP contribution in [-0.2, 0) is 69.7 Å². The number of nitrogens with zero attached hydrogens (tertiary/aromatic N) is 8. The van der Waals surface area contributed by atoms with E-state index in [1.54, 1.807) is 20.6 Å². The van der Waals surface area contributed by atoms with Crippen molar-refractivity contribution in [3.63, 3.8) is 0 Å². The fourth-order valence-electron chi connectivity index (χ4n) is 9.21. The fraction of sp³-hybridized carbons (Fsp3) is 0.354. The summed E-state index contributed by atoms with van der Waals surface area (Å²) >= 11 is 7.87. The summed E-state index contributed by atoms with van der Waals surface area (Å²) in [5.41, 5.74) is 9.34. The van der Waals surface area contributed by atoms with Gasteiger partial charge in [-0.1, -0.05) is 48.0 Å². The Kier molecular flexibility index (Phi) is 12.8. The normalized spacial score (nSPS) is 15.9. The molecule has 3 aromatic heterocycles. The minimum Gasteiger partial charge on any atom is -0.493 e. The molecule has 9 rings (SSSR count). The van der Waals surface area contributed by atoms with Crippen LogP contribution < -0.4 is 14.4 Å². The predicted molar refractivity (Wildman–Crippen MR) is 257 cm³/mol. The van der Waals surface area contributed by atoms with Gasteiger partial charge < -0.3 is 24.0 Å². The molecule has 5 heterocycles. The van der Waals surface area contributed by atoms with Crippen molar-refractivity contribution in [1.29, 1.82) is 0 Å². The Hall–Kier alpha value is -5.32. The van der Waals surface area contributed by atoms with Crippen LogP contribution in [0.5, 0.6) is 11.5 Å². The Morgan fingerprint density at radius 2 is 1.67 bits per heavy atom. The lowest BCUT2D eigenvalue weighted by Crippen LogP contribution is -2.49. The molecule has 4 aromatic carbocycles. The summed E-state index contributed by atoms with van der Waals surface area (Å²) in [6, 6.07) is 26.8. The second-order valence-electron chi connectivity index (χ2n) is 16.7. The molecule has 0 amide bonds. The van der Waals surface area contributed by atoms with E-state index in [2.05, 4.69) is 47.4 Å². The van der Waals surface area contributed by atoms with Crippen molar-refractivity contribution in [3.05, 3.63) is 123 Å². The van der Waals surface area contributed by atoms with Crippen molar-refractivity contribution in [3.8, 4) is 22.6 Å². The second kappa shape index (κ2) is 18.6. The van der Waals surface area contributed by atoms with Gasteiger partial charge in [-0.3, -0.25) is 9.36 Å². The van der Waals surface area contributed by atoms with E-state index in [1.807, 2.05) is 85.3 Å². The number of aryl methyl sites for hydroxylation is 6. The Bertz CT molecular complexity index is 2880. The maximum absolute atomic E-state index is 13.1. The molecule has 1 fully saturated rings. The topological polar surface area (TPSA) is 123 Å². The molecule has 2 aliphatic heterocycles. The van der Waals surface area contributed by atoms with E-state index in [-0.39, 0.29) is 12.3 Å². The van der Waals surface area contributed by atoms with Crippen molar-refractivity contribution < 1.29 is 23.6 Å². The van der Waals surface area contributed by atoms with Gasteiger partial charge in [-0.05, 0) is 84.7 Å². The van der Waals surface area contributed by atoms with Gasteiger partial charge in [0.1, 0.15) is 29.5 Å². The predicted octanol–water partition coefficient (Wildman–Crippen LogP) is 8.20. The zero-order chi connectivity index (χ0) is 44.6. The average molecular weight is 922 g/mol. The monoisotopic (exact) mass is 920 g/mol. The molecule has 1 N–H and O–H groups in total. The SMILES string of the molecule is CN(C)S(=O)N1CCN(c2ccc(OCc3nn(C)c4c3-c3c(Cl)ccc5c(c(C(=O)O)n(C)c35)CCCOc3cc(cc5ccccc35)CCc3cc(nn3C)CSC4)cc2)CC1. The van der Waals surface area contributed by atoms with Gasteiger partial charge in [0.2, 0.25) is 0 Å². The van der Waals surface area contributed by atoms with E-state index in [0.717, 1.165) is 92.8 Å². The molecule has 8 bridgehead atoms. The second-order valence-corrected chi connectivity index (χ2v) is 19.8. The van der Waals surface area contributed by atoms with Gasteiger partial charge in [0.25, 0.3) is 0 Å². The standard InChI is InChI=1S/C48H53ClN8O5S2/c1-52(2)64(60)57-22-20-56(21-23-57)34-14-16-36(17-15-34)62-28-41-45-42(55(5)51-41)30-63-29-33-27-35(54(4)50-33)13-12-31-25-32-9-6-7-10-37(32)43(26-31)61-24-8-11-38-39-18-19-40(49)44(45)46(39)53(3)47(38)48(58)59/h6-7,9-10,14-19,25-27H,8,11-13,20-24,28-30H2,1-5H3,(H,58,59). The number of hydrogen-bond acceptors (Lipinski definition) is 8. The molecule has 16 heteroatoms. The van der Waals surface area contributed by atoms with Crippen LogP contribution in [0.2, 0.25) is 5.02 Å². The van der Waals surface area contributed by atoms with Gasteiger partial charge >= 0.3 is 5.97 Å². The quantitative estimate of drug-likeness (QED) is 0.169. The van der Waals surface area contributed by atoms with E-state index in [0.29, 0.717) is 60.5 Å². The number of rotatable bonds is 7. The van der Waals surface area contributed by atoms with Crippen LogP contribution in [0.3, 0.4) is 0 Å². The summed E-state index contributed by atoms with van der Waals surface area (Å²) < 4.78 is 35.0. The van der Waals surface area contributed by atoms with Crippen LogP contribution >= 0.6 is 23.4 Å². The van der Waals surface area contributed by atoms with E-state index in [4.69, 9.17) is 31.3 Å². The zero-order valence-corrected chi connectivity index (χ0v) is 39.2. The molecule has 334 valence electrons. The Morgan fingerprint density at radius 3 is 2.44 bits per heavy atom. The molecule has 64 heavy (non-hydrogen) atoms. The van der Waals surface area contributed by atoms with Gasteiger partial charge in [-0.15, -0.1) is 11.8 Å². The highest BCUT2D eigenvalue weighted by atomic mass is 35.5. The summed E-state index contributed by atoms with van der Waals surface area (Å²) in [4.78, 5) is 15.4. The van der Waals surface area contributed by atoms with Crippen molar-refractivity contribution in [1.82, 2.24) is 32.7 Å². The third kappa shape index (κ3) is 8.75. The highest BCUT2D eigenvalue weighted by Crippen LogP contribution is 2.43. The lowest BCUT2D eigenvalue weighted by atomic mass is 9.98. The number of benzene rings is 4. The number of hydrogen-bond donors (Lipinski definition) is 1. The number of anilines is 1. The molecule has 7 aromatic rings. The van der Waals surface area contributed by atoms with Gasteiger partial charge in [0, 0.05) is 106 Å². The highest BCUT2D eigenvalue weighted by molar-refractivity contribution is 7.97. The number of aromatic nitrogens is 5. The number of piperazine rings is 1. The fourth-order valence-corrected chi connectivity index (χ4v) is 11.4. The number of aromatic carboxylic acids is 1. The van der Waals surface area contributed by atoms with E-state index in [1.165, 1.54) is 5.56 Å². The number of ether oxygens (including phenoxy) is 2. The van der Waals surface area contributed by atoms with Crippen molar-refractivity contribution in [2.24, 2.45) is 21.1 Å². The first-order valence-corrected chi connectivity index (χ1v) is 24.2. The van der Waals surface area contributed by atoms with Gasteiger partial charge in [-0.25, -0.2) is 17.6 Å². The summed E-state index contributed by atoms with van der Waals surface area (Å²) in [5.74, 6) is 1.80. The van der Waals surface area contributed by atoms with Crippen LogP contribution in [-0.4, -0.2) is 94.9 Å². The van der Waals surface area contributed by atoms with E-state index < -0.39 is 17.1 Å². The first-order valence-electron chi connectivity index (χ1n) is 21.6. The van der Waals surface area contributed by atoms with Gasteiger partial charge in [-0.2, -0.15) is 10.2 Å². The lowest BCUT2D eigenvalue weighted by Gasteiger charge is -2.36. The van der Waals surface area contributed by atoms with Crippen LogP contribution in [0.1, 0.15) is 50.8 Å². The number of fused-ring (bicyclic) bond motifs is 8. The molecular formula is C48H53ClN8O5S2. The number of halogens is 1. The Balaban J connectivity index is 1.06. The minimum atomic E-state index is -1.14. The largest absolute Gasteiger partial charge is 0.493 e. The average Bonchev–Trinajstić information content (AvgIpc) is 3.91. The lowest BCUT2D eigenvalue weighted by molar-refractivity contribution is 0.0685. The Morgan fingerprint density at radius 1 is 0.891 bits per heavy atom. The minimum absolute atomic E-state index is 0.161. The molecular weight excluding hydrogens is 868 g/mol. The smallest absolute Gasteiger partial charge is 0.352 e. The van der Waals surface area contributed by atoms with E-state index >= 15 is 0 Å². The first-order chi connectivity index (χ1) is 30.9. The first kappa shape index (κ1) is 43.9. The van der Waals surface area contributed by atoms with Crippen molar-refractivity contribution >= 4 is 67.9 Å². The van der Waals surface area contributed by atoms with Crippen molar-refractivity contribution in [2.45, 2.75) is 43.8 Å². The van der Waals surface area contributed by atoms with Crippen LogP contribution in [0, 0.1) is 0 Å². The van der Waals surface area contributed by atoms with Gasteiger partial charge in [0.05, 0.1) is 28.5 Å². The summed E-state index contributed by atoms with van der Waals surface area (Å²) in [6.45, 7) is 3.54. The van der Waals surface area contributed by atoms with E-state index in [9.17, 15) is 14.1 Å². The third-order valence-electron chi connectivity index (χ3n) is 12.3. The molecule has 0 aliphatic carbocycles. The third-order valence-corrected chi connectivity index (χ3v) is 15.1. The van der Waals surface area contributed by atoms with Gasteiger partial charge in [0.15, 0.2) is 11.2 Å². The molecule has 0 saturated carbocycles. The number of carboxylic acid groups (broad SMARTS) is 1. The number of thioether (sulfide) groups is 1. The van der Waals surface area contributed by atoms with Crippen LogP contribution in [0.25, 0.3) is 32.8 Å². The van der Waals surface area contributed by atoms with Crippen LogP contribution in [0.15, 0.2) is 78.9 Å². The van der Waals surface area contributed by atoms with Crippen LogP contribution in [0.4, 0.5) is 5.69 Å². The molecule has 2 aliphatic rings. The maximum Gasteiger partial charge on any atom is 0.352 e. The molecule has 0 spiro atoms. The Labute approximate surface area is 385 Å². The molecule has 1 atom stereocenters. The molecule has 13 nitrogen and oxygen atoms in total. The maximum atomic E-state index is 13.1. The summed E-state index contributed by atoms with van der Waals surface area (Å²) in [6.07, 6.45) is 2.76. The molecule has 1 saturated heterocycles. The zero-order valence-electron chi connectivity index (χ0n) is 36.8. The summed E-state index contributed by atoms with van der Waals surface area (Å²) in [7, 11) is 9.42. The number of carboxylic acids is 1. The molecule has 1 unspecified atom stereocenters. The molecule has 0 radical (unpaired) electrons. The summed E-state index contributed by atoms with van der Waals surface area (Å²) in [5, 5.41) is 24.2.